The van der Waals surface area contributed by atoms with Gasteiger partial charge in [0.2, 0.25) is 0 Å². The number of hydrogen-bond acceptors (Lipinski definition) is 8. The van der Waals surface area contributed by atoms with E-state index in [2.05, 4.69) is 30.0 Å². The van der Waals surface area contributed by atoms with Crippen molar-refractivity contribution in [2.75, 3.05) is 39.3 Å². The molecule has 2 saturated carbocycles. The van der Waals surface area contributed by atoms with E-state index in [1.807, 2.05) is 12.4 Å². The first-order valence-corrected chi connectivity index (χ1v) is 15.4. The van der Waals surface area contributed by atoms with E-state index < -0.39 is 0 Å². The van der Waals surface area contributed by atoms with Crippen LogP contribution in [0.2, 0.25) is 0 Å². The zero-order valence-corrected chi connectivity index (χ0v) is 22.9. The van der Waals surface area contributed by atoms with Crippen molar-refractivity contribution in [3.63, 3.8) is 0 Å². The van der Waals surface area contributed by atoms with Crippen molar-refractivity contribution in [1.29, 1.82) is 0 Å². The SMILES string of the molecule is O=C(NCCN1CCCC1)C1=CN2C3CCCCC3OC3C(N4CCC(c5cnccn5)C4)CCC(C1=O)C32. The molecule has 5 heterocycles. The second kappa shape index (κ2) is 10.9. The van der Waals surface area contributed by atoms with Crippen LogP contribution in [0.1, 0.15) is 69.4 Å². The zero-order chi connectivity index (χ0) is 26.3. The molecule has 3 saturated heterocycles. The van der Waals surface area contributed by atoms with E-state index >= 15 is 0 Å². The van der Waals surface area contributed by atoms with Crippen molar-refractivity contribution >= 4 is 11.7 Å². The minimum atomic E-state index is -0.193. The maximum Gasteiger partial charge on any atom is 0.256 e. The molecule has 4 aliphatic heterocycles. The predicted molar refractivity (Wildman–Crippen MR) is 146 cm³/mol. The molecule has 0 bridgehead atoms. The first-order valence-electron chi connectivity index (χ1n) is 15.4. The lowest BCUT2D eigenvalue weighted by atomic mass is 9.70. The number of Topliss-reactive ketones (excluding diaryl/α,β-unsaturated/α-hetero) is 1. The molecule has 5 fully saturated rings. The largest absolute Gasteiger partial charge is 0.369 e. The molecule has 39 heavy (non-hydrogen) atoms. The van der Waals surface area contributed by atoms with Gasteiger partial charge in [0.15, 0.2) is 5.78 Å². The van der Waals surface area contributed by atoms with Crippen LogP contribution in [0.3, 0.4) is 0 Å². The third-order valence-corrected chi connectivity index (χ3v) is 10.4. The standard InChI is InChI=1S/C30H42N6O3/c37-28-21-7-8-25(35-15-9-20(18-35)23-17-31-10-11-32-23)29-27(21)36(24-5-1-2-6-26(24)39-29)19-22(28)30(38)33-12-16-34-13-3-4-14-34/h10-11,17,19-21,24-27,29H,1-9,12-16,18H2,(H,33,38). The molecule has 0 aromatic carbocycles. The molecule has 9 heteroatoms. The van der Waals surface area contributed by atoms with Crippen molar-refractivity contribution in [1.82, 2.24) is 30.0 Å². The molecular weight excluding hydrogens is 492 g/mol. The van der Waals surface area contributed by atoms with Crippen LogP contribution < -0.4 is 5.32 Å². The number of fused-ring (bicyclic) bond motifs is 2. The number of likely N-dealkylation sites (tertiary alicyclic amines) is 2. The van der Waals surface area contributed by atoms with E-state index in [-0.39, 0.29) is 47.9 Å². The summed E-state index contributed by atoms with van der Waals surface area (Å²) in [6.07, 6.45) is 17.3. The Balaban J connectivity index is 1.11. The maximum absolute atomic E-state index is 13.8. The number of nitrogens with one attached hydrogen (secondary N) is 1. The highest BCUT2D eigenvalue weighted by Crippen LogP contribution is 2.46. The molecule has 7 atom stereocenters. The second-order valence-corrected chi connectivity index (χ2v) is 12.5. The third kappa shape index (κ3) is 4.80. The van der Waals surface area contributed by atoms with Crippen LogP contribution in [-0.2, 0) is 14.3 Å². The van der Waals surface area contributed by atoms with Gasteiger partial charge in [0.25, 0.3) is 5.91 Å². The predicted octanol–water partition coefficient (Wildman–Crippen LogP) is 2.10. The van der Waals surface area contributed by atoms with Gasteiger partial charge in [-0.1, -0.05) is 12.8 Å². The number of amides is 1. The first kappa shape index (κ1) is 25.6. The Labute approximate surface area is 231 Å². The average molecular weight is 535 g/mol. The molecule has 6 aliphatic rings. The summed E-state index contributed by atoms with van der Waals surface area (Å²) in [6.45, 7) is 5.65. The fraction of sp³-hybridized carbons (Fsp3) is 0.733. The molecular formula is C30H42N6O3. The van der Waals surface area contributed by atoms with Crippen LogP contribution in [0.4, 0.5) is 0 Å². The molecule has 2 aliphatic carbocycles. The highest BCUT2D eigenvalue weighted by molar-refractivity contribution is 6.20. The van der Waals surface area contributed by atoms with Crippen molar-refractivity contribution < 1.29 is 14.3 Å². The van der Waals surface area contributed by atoms with Crippen LogP contribution in [-0.4, -0.2) is 106 Å². The fourth-order valence-electron chi connectivity index (χ4n) is 8.41. The molecule has 1 aromatic rings. The number of ether oxygens (including phenoxy) is 1. The summed E-state index contributed by atoms with van der Waals surface area (Å²) >= 11 is 0. The summed E-state index contributed by atoms with van der Waals surface area (Å²) in [4.78, 5) is 43.4. The summed E-state index contributed by atoms with van der Waals surface area (Å²) in [7, 11) is 0. The Bertz CT molecular complexity index is 1090. The summed E-state index contributed by atoms with van der Waals surface area (Å²) in [6, 6.07) is 0.565. The van der Waals surface area contributed by atoms with Gasteiger partial charge in [-0.25, -0.2) is 0 Å². The number of rotatable bonds is 6. The van der Waals surface area contributed by atoms with Crippen molar-refractivity contribution in [3.05, 3.63) is 36.1 Å². The highest BCUT2D eigenvalue weighted by Gasteiger charge is 2.57. The smallest absolute Gasteiger partial charge is 0.256 e. The average Bonchev–Trinajstić information content (AvgIpc) is 3.68. The molecule has 1 aromatic heterocycles. The summed E-state index contributed by atoms with van der Waals surface area (Å²) in [5, 5.41) is 3.08. The van der Waals surface area contributed by atoms with E-state index in [0.29, 0.717) is 18.0 Å². The van der Waals surface area contributed by atoms with Crippen molar-refractivity contribution in [3.8, 4) is 0 Å². The molecule has 0 radical (unpaired) electrons. The molecule has 7 rings (SSSR count). The van der Waals surface area contributed by atoms with Crippen LogP contribution in [0.15, 0.2) is 30.4 Å². The van der Waals surface area contributed by atoms with Crippen LogP contribution in [0, 0.1) is 5.92 Å². The number of aromatic nitrogens is 2. The van der Waals surface area contributed by atoms with Gasteiger partial charge < -0.3 is 19.9 Å². The number of carbonyl (C=O) groups is 2. The van der Waals surface area contributed by atoms with Gasteiger partial charge >= 0.3 is 0 Å². The first-order chi connectivity index (χ1) is 19.2. The van der Waals surface area contributed by atoms with E-state index in [4.69, 9.17) is 4.74 Å². The van der Waals surface area contributed by atoms with Gasteiger partial charge in [-0.15, -0.1) is 0 Å². The lowest BCUT2D eigenvalue weighted by molar-refractivity contribution is -0.199. The Morgan fingerprint density at radius 3 is 2.72 bits per heavy atom. The van der Waals surface area contributed by atoms with Crippen LogP contribution in [0.5, 0.6) is 0 Å². The van der Waals surface area contributed by atoms with Gasteiger partial charge in [0.05, 0.1) is 35.6 Å². The lowest BCUT2D eigenvalue weighted by Crippen LogP contribution is -2.70. The van der Waals surface area contributed by atoms with Gasteiger partial charge in [0, 0.05) is 62.3 Å². The second-order valence-electron chi connectivity index (χ2n) is 12.5. The summed E-state index contributed by atoms with van der Waals surface area (Å²) in [5.74, 6) is 0.0516. The number of ketones is 1. The van der Waals surface area contributed by atoms with Crippen LogP contribution in [0.25, 0.3) is 0 Å². The number of carbonyl (C=O) groups excluding carboxylic acids is 2. The zero-order valence-electron chi connectivity index (χ0n) is 22.9. The van der Waals surface area contributed by atoms with Gasteiger partial charge in [-0.2, -0.15) is 0 Å². The fourth-order valence-corrected chi connectivity index (χ4v) is 8.41. The molecule has 7 unspecified atom stereocenters. The van der Waals surface area contributed by atoms with Crippen LogP contribution >= 0.6 is 0 Å². The van der Waals surface area contributed by atoms with Gasteiger partial charge in [0.1, 0.15) is 0 Å². The number of hydrogen-bond donors (Lipinski definition) is 1. The molecule has 0 spiro atoms. The highest BCUT2D eigenvalue weighted by atomic mass is 16.5. The molecule has 210 valence electrons. The van der Waals surface area contributed by atoms with E-state index in [1.165, 1.54) is 25.7 Å². The Morgan fingerprint density at radius 2 is 1.87 bits per heavy atom. The molecule has 1 N–H and O–H groups in total. The maximum atomic E-state index is 13.8. The Hall–Kier alpha value is -2.36. The Kier molecular flexibility index (Phi) is 7.15. The quantitative estimate of drug-likeness (QED) is 0.555. The third-order valence-electron chi connectivity index (χ3n) is 10.4. The van der Waals surface area contributed by atoms with Gasteiger partial charge in [-0.05, 0) is 64.6 Å². The number of nitrogens with zero attached hydrogens (tertiary/aromatic N) is 5. The van der Waals surface area contributed by atoms with Crippen molar-refractivity contribution in [2.45, 2.75) is 94.0 Å². The minimum Gasteiger partial charge on any atom is -0.369 e. The molecule has 9 nitrogen and oxygen atoms in total. The summed E-state index contributed by atoms with van der Waals surface area (Å²) < 4.78 is 6.96. The summed E-state index contributed by atoms with van der Waals surface area (Å²) in [5.41, 5.74) is 1.44. The topological polar surface area (TPSA) is 90.9 Å². The van der Waals surface area contributed by atoms with E-state index in [9.17, 15) is 9.59 Å². The van der Waals surface area contributed by atoms with Gasteiger partial charge in [-0.3, -0.25) is 24.5 Å². The molecule has 1 amide bonds. The normalized spacial score (nSPS) is 36.8. The monoisotopic (exact) mass is 534 g/mol. The van der Waals surface area contributed by atoms with Crippen molar-refractivity contribution in [2.24, 2.45) is 5.92 Å². The van der Waals surface area contributed by atoms with E-state index in [0.717, 1.165) is 70.5 Å². The Morgan fingerprint density at radius 1 is 1.00 bits per heavy atom. The lowest BCUT2D eigenvalue weighted by Gasteiger charge is -2.59. The minimum absolute atomic E-state index is 0.0105. The van der Waals surface area contributed by atoms with E-state index in [1.54, 1.807) is 12.4 Å². The number of morpholine rings is 1.